The minimum atomic E-state index is -0.967. The number of nitrogens with one attached hydrogen (secondary N) is 1. The highest BCUT2D eigenvalue weighted by atomic mass is 16.5. The first kappa shape index (κ1) is 21.2. The van der Waals surface area contributed by atoms with Crippen LogP contribution in [-0.4, -0.2) is 41.2 Å². The second-order valence-electron chi connectivity index (χ2n) is 7.47. The van der Waals surface area contributed by atoms with Gasteiger partial charge in [-0.15, -0.1) is 0 Å². The van der Waals surface area contributed by atoms with E-state index in [9.17, 15) is 19.2 Å². The Kier molecular flexibility index (Phi) is 6.30. The van der Waals surface area contributed by atoms with Crippen molar-refractivity contribution in [2.75, 3.05) is 6.54 Å². The fourth-order valence-electron chi connectivity index (χ4n) is 3.26. The fraction of sp³-hybridized carbons (Fsp3) is 0.304. The smallest absolute Gasteiger partial charge is 0.312 e. The van der Waals surface area contributed by atoms with Crippen LogP contribution in [0.2, 0.25) is 0 Å². The number of Topliss-reactive ketones (excluding diaryl/α,β-unsaturated/α-hetero) is 1. The molecular weight excluding hydrogens is 384 g/mol. The predicted molar refractivity (Wildman–Crippen MR) is 110 cm³/mol. The summed E-state index contributed by atoms with van der Waals surface area (Å²) < 4.78 is 5.31. The van der Waals surface area contributed by atoms with Crippen LogP contribution in [0.25, 0.3) is 0 Å². The number of amides is 2. The molecule has 7 nitrogen and oxygen atoms in total. The van der Waals surface area contributed by atoms with Crippen molar-refractivity contribution < 1.29 is 23.9 Å². The maximum absolute atomic E-state index is 12.5. The van der Waals surface area contributed by atoms with E-state index in [4.69, 9.17) is 4.74 Å². The number of ether oxygens (including phenoxy) is 1. The largest absolute Gasteiger partial charge is 0.454 e. The Morgan fingerprint density at radius 1 is 1.07 bits per heavy atom. The maximum Gasteiger partial charge on any atom is 0.312 e. The number of hydrogen-bond acceptors (Lipinski definition) is 5. The second-order valence-corrected chi connectivity index (χ2v) is 7.47. The fourth-order valence-corrected chi connectivity index (χ4v) is 3.26. The van der Waals surface area contributed by atoms with E-state index >= 15 is 0 Å². The zero-order chi connectivity index (χ0) is 21.8. The first-order valence-electron chi connectivity index (χ1n) is 9.74. The highest BCUT2D eigenvalue weighted by Crippen LogP contribution is 2.20. The zero-order valence-corrected chi connectivity index (χ0v) is 17.2. The Hall–Kier alpha value is -3.48. The third-order valence-electron chi connectivity index (χ3n) is 5.08. The van der Waals surface area contributed by atoms with Gasteiger partial charge in [0.1, 0.15) is 0 Å². The molecule has 1 saturated heterocycles. The number of hydrazine groups is 1. The predicted octanol–water partition coefficient (Wildman–Crippen LogP) is 2.61. The van der Waals surface area contributed by atoms with Crippen molar-refractivity contribution in [3.63, 3.8) is 0 Å². The third-order valence-corrected chi connectivity index (χ3v) is 5.08. The maximum atomic E-state index is 12.5. The number of ketones is 1. The van der Waals surface area contributed by atoms with Gasteiger partial charge in [0.25, 0.3) is 5.91 Å². The van der Waals surface area contributed by atoms with Crippen LogP contribution in [0, 0.1) is 19.8 Å². The van der Waals surface area contributed by atoms with E-state index in [0.717, 1.165) is 16.1 Å². The lowest BCUT2D eigenvalue weighted by Gasteiger charge is -2.19. The first-order valence-corrected chi connectivity index (χ1v) is 9.74. The molecule has 1 aliphatic rings. The molecule has 0 aliphatic carbocycles. The number of carbonyl (C=O) groups excluding carboxylic acids is 4. The van der Waals surface area contributed by atoms with Crippen molar-refractivity contribution in [3.05, 3.63) is 70.8 Å². The number of aryl methyl sites for hydroxylation is 2. The lowest BCUT2D eigenvalue weighted by molar-refractivity contribution is -0.151. The molecule has 156 valence electrons. The molecule has 0 unspecified atom stereocenters. The monoisotopic (exact) mass is 408 g/mol. The van der Waals surface area contributed by atoms with Gasteiger partial charge >= 0.3 is 5.97 Å². The molecule has 3 rings (SSSR count). The van der Waals surface area contributed by atoms with Gasteiger partial charge in [-0.25, -0.2) is 0 Å². The summed E-state index contributed by atoms with van der Waals surface area (Å²) in [4.78, 5) is 49.6. The molecule has 0 saturated carbocycles. The van der Waals surface area contributed by atoms with Crippen molar-refractivity contribution in [2.45, 2.75) is 33.3 Å². The molecule has 2 amide bonds. The molecule has 0 bridgehead atoms. The van der Waals surface area contributed by atoms with Crippen LogP contribution in [0.3, 0.4) is 0 Å². The van der Waals surface area contributed by atoms with Gasteiger partial charge in [0.2, 0.25) is 11.7 Å². The number of benzene rings is 2. The Morgan fingerprint density at radius 2 is 1.73 bits per heavy atom. The summed E-state index contributed by atoms with van der Waals surface area (Å²) in [5.74, 6) is -2.49. The molecule has 0 radical (unpaired) electrons. The van der Waals surface area contributed by atoms with E-state index in [-0.39, 0.29) is 24.7 Å². The minimum absolute atomic E-state index is 0.000724. The molecule has 7 heteroatoms. The van der Waals surface area contributed by atoms with E-state index < -0.39 is 23.9 Å². The standard InChI is InChI=1S/C23H24N2O5/c1-14-8-10-17(11-9-14)21(27)16(3)30-23(29)18-12-20(26)25(13-18)24-22(28)19-7-5-4-6-15(19)2/h4-11,16,18H,12-13H2,1-3H3,(H,24,28)/t16-,18+/m1/s1. The van der Waals surface area contributed by atoms with Crippen LogP contribution < -0.4 is 5.43 Å². The van der Waals surface area contributed by atoms with Crippen LogP contribution in [0.15, 0.2) is 48.5 Å². The van der Waals surface area contributed by atoms with Crippen molar-refractivity contribution in [1.82, 2.24) is 10.4 Å². The summed E-state index contributed by atoms with van der Waals surface area (Å²) in [5, 5.41) is 1.13. The van der Waals surface area contributed by atoms with Gasteiger partial charge in [-0.3, -0.25) is 29.6 Å². The second kappa shape index (κ2) is 8.90. The van der Waals surface area contributed by atoms with E-state index in [2.05, 4.69) is 5.43 Å². The summed E-state index contributed by atoms with van der Waals surface area (Å²) in [6, 6.07) is 14.0. The van der Waals surface area contributed by atoms with Gasteiger partial charge in [-0.2, -0.15) is 0 Å². The van der Waals surface area contributed by atoms with E-state index in [1.54, 1.807) is 37.3 Å². The molecular formula is C23H24N2O5. The molecule has 0 spiro atoms. The lowest BCUT2D eigenvalue weighted by atomic mass is 10.1. The first-order chi connectivity index (χ1) is 14.3. The van der Waals surface area contributed by atoms with Crippen LogP contribution in [0.5, 0.6) is 0 Å². The Balaban J connectivity index is 1.58. The Bertz CT molecular complexity index is 983. The van der Waals surface area contributed by atoms with Crippen LogP contribution in [-0.2, 0) is 14.3 Å². The Labute approximate surface area is 175 Å². The van der Waals surface area contributed by atoms with E-state index in [1.165, 1.54) is 6.92 Å². The van der Waals surface area contributed by atoms with Gasteiger partial charge in [-0.05, 0) is 32.4 Å². The summed E-state index contributed by atoms with van der Waals surface area (Å²) in [6.07, 6.45) is -1.05. The summed E-state index contributed by atoms with van der Waals surface area (Å²) in [7, 11) is 0. The lowest BCUT2D eigenvalue weighted by Crippen LogP contribution is -2.43. The number of esters is 1. The number of carbonyl (C=O) groups is 4. The van der Waals surface area contributed by atoms with Gasteiger partial charge < -0.3 is 4.74 Å². The summed E-state index contributed by atoms with van der Waals surface area (Å²) in [6.45, 7) is 5.22. The van der Waals surface area contributed by atoms with Gasteiger partial charge in [0.15, 0.2) is 6.10 Å². The minimum Gasteiger partial charge on any atom is -0.454 e. The summed E-state index contributed by atoms with van der Waals surface area (Å²) in [5.41, 5.74) is 5.26. The molecule has 2 aromatic carbocycles. The van der Waals surface area contributed by atoms with E-state index in [0.29, 0.717) is 11.1 Å². The average molecular weight is 408 g/mol. The molecule has 1 heterocycles. The molecule has 2 atom stereocenters. The van der Waals surface area contributed by atoms with Gasteiger partial charge in [0.05, 0.1) is 12.5 Å². The molecule has 1 aliphatic heterocycles. The molecule has 1 fully saturated rings. The normalized spacial score (nSPS) is 16.8. The number of hydrogen-bond donors (Lipinski definition) is 1. The van der Waals surface area contributed by atoms with E-state index in [1.807, 2.05) is 25.1 Å². The molecule has 1 N–H and O–H groups in total. The Morgan fingerprint density at radius 3 is 2.40 bits per heavy atom. The van der Waals surface area contributed by atoms with Crippen molar-refractivity contribution in [3.8, 4) is 0 Å². The van der Waals surface area contributed by atoms with Crippen LogP contribution in [0.4, 0.5) is 0 Å². The van der Waals surface area contributed by atoms with Gasteiger partial charge in [0, 0.05) is 17.5 Å². The molecule has 0 aromatic heterocycles. The van der Waals surface area contributed by atoms with Crippen molar-refractivity contribution in [1.29, 1.82) is 0 Å². The van der Waals surface area contributed by atoms with Crippen molar-refractivity contribution >= 4 is 23.6 Å². The van der Waals surface area contributed by atoms with Crippen LogP contribution in [0.1, 0.15) is 45.2 Å². The number of rotatable bonds is 6. The SMILES string of the molecule is Cc1ccc(C(=O)[C@@H](C)OC(=O)[C@H]2CC(=O)N(NC(=O)c3ccccc3C)C2)cc1. The zero-order valence-electron chi connectivity index (χ0n) is 17.2. The third kappa shape index (κ3) is 4.74. The van der Waals surface area contributed by atoms with Crippen molar-refractivity contribution in [2.24, 2.45) is 5.92 Å². The number of nitrogens with zero attached hydrogens (tertiary/aromatic N) is 1. The molecule has 30 heavy (non-hydrogen) atoms. The van der Waals surface area contributed by atoms with Crippen LogP contribution >= 0.6 is 0 Å². The van der Waals surface area contributed by atoms with Gasteiger partial charge in [-0.1, -0.05) is 48.0 Å². The average Bonchev–Trinajstić information content (AvgIpc) is 3.08. The highest BCUT2D eigenvalue weighted by Gasteiger charge is 2.37. The quantitative estimate of drug-likeness (QED) is 0.586. The molecule has 2 aromatic rings. The summed E-state index contributed by atoms with van der Waals surface area (Å²) >= 11 is 0. The highest BCUT2D eigenvalue weighted by molar-refractivity contribution is 6.01. The topological polar surface area (TPSA) is 92.8 Å².